The van der Waals surface area contributed by atoms with Crippen molar-refractivity contribution in [3.05, 3.63) is 0 Å². The van der Waals surface area contributed by atoms with Gasteiger partial charge < -0.3 is 4.57 Å². The number of rotatable bonds is 1. The zero-order valence-electron chi connectivity index (χ0n) is 8.75. The summed E-state index contributed by atoms with van der Waals surface area (Å²) in [6, 6.07) is 0. The number of nitrogens with zero attached hydrogens (tertiary/aromatic N) is 1. The van der Waals surface area contributed by atoms with Crippen LogP contribution in [0.1, 0.15) is 26.2 Å². The van der Waals surface area contributed by atoms with Gasteiger partial charge in [0, 0.05) is 24.4 Å². The van der Waals surface area contributed by atoms with E-state index in [1.54, 1.807) is 0 Å². The van der Waals surface area contributed by atoms with Gasteiger partial charge >= 0.3 is 0 Å². The van der Waals surface area contributed by atoms with Crippen LogP contribution in [0, 0.1) is 0 Å². The van der Waals surface area contributed by atoms with E-state index >= 15 is 0 Å². The number of hydrogen-bond donors (Lipinski definition) is 0. The molecule has 2 rings (SSSR count). The van der Waals surface area contributed by atoms with Gasteiger partial charge in [0.15, 0.2) is 0 Å². The first-order valence-electron chi connectivity index (χ1n) is 5.39. The van der Waals surface area contributed by atoms with E-state index < -0.39 is 7.14 Å². The highest BCUT2D eigenvalue weighted by molar-refractivity contribution is 7.63. The van der Waals surface area contributed by atoms with Crippen molar-refractivity contribution in [2.24, 2.45) is 0 Å². The molecule has 0 bridgehead atoms. The Labute approximate surface area is 81.1 Å². The van der Waals surface area contributed by atoms with Gasteiger partial charge in [0.2, 0.25) is 0 Å². The standard InChI is InChI=1S/C10H20NOP/c1-3-10-5-4-6-11(10)7-8-13(2,12)9-10/h3-9H2,1-2H3. The molecule has 2 aliphatic rings. The summed E-state index contributed by atoms with van der Waals surface area (Å²) in [4.78, 5) is 2.59. The van der Waals surface area contributed by atoms with Crippen LogP contribution >= 0.6 is 7.14 Å². The first-order chi connectivity index (χ1) is 6.08. The van der Waals surface area contributed by atoms with E-state index in [4.69, 9.17) is 0 Å². The minimum Gasteiger partial charge on any atom is -0.324 e. The molecule has 2 atom stereocenters. The lowest BCUT2D eigenvalue weighted by Gasteiger charge is -2.44. The Bertz CT molecular complexity index is 253. The Morgan fingerprint density at radius 1 is 1.46 bits per heavy atom. The van der Waals surface area contributed by atoms with Crippen molar-refractivity contribution in [1.82, 2.24) is 4.90 Å². The minimum atomic E-state index is -1.78. The second-order valence-electron chi connectivity index (χ2n) is 4.85. The molecule has 2 saturated heterocycles. The third-order valence-corrected chi connectivity index (χ3v) is 6.27. The second kappa shape index (κ2) is 3.10. The van der Waals surface area contributed by atoms with Crippen molar-refractivity contribution < 1.29 is 4.57 Å². The van der Waals surface area contributed by atoms with E-state index in [1.165, 1.54) is 25.8 Å². The number of fused-ring (bicyclic) bond motifs is 1. The van der Waals surface area contributed by atoms with Gasteiger partial charge in [-0.1, -0.05) is 6.92 Å². The molecule has 76 valence electrons. The number of hydrogen-bond acceptors (Lipinski definition) is 2. The molecule has 2 nitrogen and oxygen atoms in total. The molecular weight excluding hydrogens is 181 g/mol. The minimum absolute atomic E-state index is 0.336. The molecule has 0 aliphatic carbocycles. The molecule has 2 fully saturated rings. The predicted molar refractivity (Wildman–Crippen MR) is 57.1 cm³/mol. The average Bonchev–Trinajstić information content (AvgIpc) is 2.46. The lowest BCUT2D eigenvalue weighted by atomic mass is 9.95. The summed E-state index contributed by atoms with van der Waals surface area (Å²) in [5, 5.41) is 0. The Morgan fingerprint density at radius 3 is 2.92 bits per heavy atom. The molecule has 3 heteroatoms. The summed E-state index contributed by atoms with van der Waals surface area (Å²) in [6.07, 6.45) is 5.71. The van der Waals surface area contributed by atoms with Crippen LogP contribution in [0.5, 0.6) is 0 Å². The van der Waals surface area contributed by atoms with Crippen molar-refractivity contribution in [3.63, 3.8) is 0 Å². The van der Waals surface area contributed by atoms with E-state index in [-0.39, 0.29) is 0 Å². The van der Waals surface area contributed by atoms with Crippen LogP contribution in [0.15, 0.2) is 0 Å². The molecule has 0 spiro atoms. The van der Waals surface area contributed by atoms with Crippen molar-refractivity contribution in [2.75, 3.05) is 32.1 Å². The molecule has 13 heavy (non-hydrogen) atoms. The first kappa shape index (κ1) is 9.73. The summed E-state index contributed by atoms with van der Waals surface area (Å²) in [5.74, 6) is 0. The monoisotopic (exact) mass is 201 g/mol. The SMILES string of the molecule is CCC12CCCN1CCP(C)(=O)C2. The van der Waals surface area contributed by atoms with Crippen LogP contribution in [0.2, 0.25) is 0 Å². The van der Waals surface area contributed by atoms with Crippen LogP contribution in [0.25, 0.3) is 0 Å². The maximum atomic E-state index is 12.1. The molecule has 0 aromatic carbocycles. The Kier molecular flexibility index (Phi) is 2.32. The van der Waals surface area contributed by atoms with Crippen molar-refractivity contribution in [2.45, 2.75) is 31.7 Å². The molecule has 0 aromatic heterocycles. The Morgan fingerprint density at radius 2 is 2.23 bits per heavy atom. The molecule has 2 unspecified atom stereocenters. The Hall–Kier alpha value is 0.190. The van der Waals surface area contributed by atoms with Gasteiger partial charge in [-0.2, -0.15) is 0 Å². The van der Waals surface area contributed by atoms with Gasteiger partial charge in [0.25, 0.3) is 0 Å². The summed E-state index contributed by atoms with van der Waals surface area (Å²) >= 11 is 0. The topological polar surface area (TPSA) is 20.3 Å². The third-order valence-electron chi connectivity index (χ3n) is 3.87. The highest BCUT2D eigenvalue weighted by Gasteiger charge is 2.46. The summed E-state index contributed by atoms with van der Waals surface area (Å²) < 4.78 is 12.1. The fourth-order valence-corrected chi connectivity index (χ4v) is 5.72. The molecule has 0 N–H and O–H groups in total. The third kappa shape index (κ3) is 1.59. The highest BCUT2D eigenvalue weighted by Crippen LogP contribution is 2.53. The van der Waals surface area contributed by atoms with E-state index in [2.05, 4.69) is 11.8 Å². The van der Waals surface area contributed by atoms with Gasteiger partial charge in [-0.3, -0.25) is 4.90 Å². The lowest BCUT2D eigenvalue weighted by Crippen LogP contribution is -2.50. The average molecular weight is 201 g/mol. The second-order valence-corrected chi connectivity index (χ2v) is 8.20. The van der Waals surface area contributed by atoms with Crippen LogP contribution in [0.4, 0.5) is 0 Å². The molecule has 0 radical (unpaired) electrons. The molecule has 2 heterocycles. The molecule has 2 aliphatic heterocycles. The highest BCUT2D eigenvalue weighted by atomic mass is 31.2. The van der Waals surface area contributed by atoms with Crippen LogP contribution in [-0.4, -0.2) is 42.5 Å². The Balaban J connectivity index is 2.23. The molecule has 0 amide bonds. The van der Waals surface area contributed by atoms with Gasteiger partial charge in [-0.15, -0.1) is 0 Å². The quantitative estimate of drug-likeness (QED) is 0.606. The smallest absolute Gasteiger partial charge is 0.0879 e. The van der Waals surface area contributed by atoms with E-state index in [9.17, 15) is 4.57 Å². The predicted octanol–water partition coefficient (Wildman–Crippen LogP) is 2.24. The van der Waals surface area contributed by atoms with E-state index in [0.717, 1.165) is 18.9 Å². The van der Waals surface area contributed by atoms with Crippen molar-refractivity contribution in [1.29, 1.82) is 0 Å². The maximum Gasteiger partial charge on any atom is 0.0879 e. The summed E-state index contributed by atoms with van der Waals surface area (Å²) in [6.45, 7) is 6.58. The van der Waals surface area contributed by atoms with E-state index in [0.29, 0.717) is 5.54 Å². The fraction of sp³-hybridized carbons (Fsp3) is 1.00. The lowest BCUT2D eigenvalue weighted by molar-refractivity contribution is 0.153. The molecular formula is C10H20NOP. The first-order valence-corrected chi connectivity index (χ1v) is 7.91. The van der Waals surface area contributed by atoms with E-state index in [1.807, 2.05) is 6.66 Å². The largest absolute Gasteiger partial charge is 0.324 e. The van der Waals surface area contributed by atoms with Crippen LogP contribution in [0.3, 0.4) is 0 Å². The normalized spacial score (nSPS) is 46.3. The van der Waals surface area contributed by atoms with Gasteiger partial charge in [-0.25, -0.2) is 0 Å². The molecule has 0 aromatic rings. The molecule has 0 saturated carbocycles. The van der Waals surface area contributed by atoms with Gasteiger partial charge in [0.05, 0.1) is 7.14 Å². The maximum absolute atomic E-state index is 12.1. The summed E-state index contributed by atoms with van der Waals surface area (Å²) in [5.41, 5.74) is 0.336. The van der Waals surface area contributed by atoms with Gasteiger partial charge in [0.1, 0.15) is 0 Å². The van der Waals surface area contributed by atoms with Crippen LogP contribution < -0.4 is 0 Å². The zero-order valence-corrected chi connectivity index (χ0v) is 9.65. The zero-order chi connectivity index (χ0) is 9.53. The van der Waals surface area contributed by atoms with Crippen LogP contribution in [-0.2, 0) is 4.57 Å². The van der Waals surface area contributed by atoms with Crippen molar-refractivity contribution >= 4 is 7.14 Å². The fourth-order valence-electron chi connectivity index (χ4n) is 3.07. The summed E-state index contributed by atoms with van der Waals surface area (Å²) in [7, 11) is -1.78. The van der Waals surface area contributed by atoms with Gasteiger partial charge in [-0.05, 0) is 32.5 Å². The van der Waals surface area contributed by atoms with Crippen molar-refractivity contribution in [3.8, 4) is 0 Å².